The number of rotatable bonds is 15. The Balaban J connectivity index is 1.78. The fourth-order valence-electron chi connectivity index (χ4n) is 3.99. The van der Waals surface area contributed by atoms with Gasteiger partial charge in [-0.15, -0.1) is 0 Å². The SMILES string of the molecule is NC(=O)CCC(N)C(=O)NC(CO)C(=O)NC(Cc1c[nH]c2ccccc12)C(=O)NC(Cc1cnc[nH]1)C(=O)O. The number of carboxylic acids is 1. The Morgan fingerprint density at radius 2 is 1.60 bits per heavy atom. The third kappa shape index (κ3) is 8.12. The van der Waals surface area contributed by atoms with Crippen LogP contribution in [0.25, 0.3) is 10.9 Å². The third-order valence-corrected chi connectivity index (χ3v) is 6.18. The van der Waals surface area contributed by atoms with Crippen LogP contribution < -0.4 is 27.4 Å². The van der Waals surface area contributed by atoms with E-state index in [0.717, 1.165) is 10.9 Å². The second-order valence-electron chi connectivity index (χ2n) is 9.16. The molecule has 11 N–H and O–H groups in total. The van der Waals surface area contributed by atoms with E-state index < -0.39 is 60.4 Å². The maximum absolute atomic E-state index is 13.3. The minimum atomic E-state index is -1.48. The van der Waals surface area contributed by atoms with E-state index in [2.05, 4.69) is 30.9 Å². The average Bonchev–Trinajstić information content (AvgIpc) is 3.59. The van der Waals surface area contributed by atoms with Crippen molar-refractivity contribution in [3.63, 3.8) is 0 Å². The number of aliphatic hydroxyl groups is 1. The van der Waals surface area contributed by atoms with Crippen LogP contribution in [0.1, 0.15) is 24.1 Å². The van der Waals surface area contributed by atoms with E-state index in [1.54, 1.807) is 12.3 Å². The molecule has 40 heavy (non-hydrogen) atoms. The monoisotopic (exact) mass is 556 g/mol. The molecule has 0 saturated carbocycles. The van der Waals surface area contributed by atoms with Gasteiger partial charge in [-0.2, -0.15) is 0 Å². The maximum Gasteiger partial charge on any atom is 0.326 e. The molecule has 3 rings (SSSR count). The number of imidazole rings is 1. The Bertz CT molecular complexity index is 1340. The number of fused-ring (bicyclic) bond motifs is 1. The number of H-pyrrole nitrogens is 2. The van der Waals surface area contributed by atoms with Gasteiger partial charge in [-0.25, -0.2) is 9.78 Å². The van der Waals surface area contributed by atoms with Crippen LogP contribution >= 0.6 is 0 Å². The predicted octanol–water partition coefficient (Wildman–Crippen LogP) is -2.20. The lowest BCUT2D eigenvalue weighted by Crippen LogP contribution is -2.58. The van der Waals surface area contributed by atoms with Crippen LogP contribution in [0.2, 0.25) is 0 Å². The first-order chi connectivity index (χ1) is 19.1. The van der Waals surface area contributed by atoms with Gasteiger partial charge in [0.25, 0.3) is 0 Å². The molecule has 2 heterocycles. The zero-order valence-electron chi connectivity index (χ0n) is 21.4. The number of nitrogens with one attached hydrogen (secondary N) is 5. The molecule has 15 heteroatoms. The molecule has 4 unspecified atom stereocenters. The zero-order chi connectivity index (χ0) is 29.2. The van der Waals surface area contributed by atoms with Gasteiger partial charge in [0.1, 0.15) is 18.1 Å². The van der Waals surface area contributed by atoms with E-state index in [1.807, 2.05) is 18.2 Å². The topological polar surface area (TPSA) is 258 Å². The minimum Gasteiger partial charge on any atom is -0.480 e. The number of hydrogen-bond donors (Lipinski definition) is 9. The molecule has 4 atom stereocenters. The van der Waals surface area contributed by atoms with Crippen LogP contribution in [0, 0.1) is 0 Å². The van der Waals surface area contributed by atoms with E-state index in [4.69, 9.17) is 11.5 Å². The molecule has 0 aliphatic rings. The summed E-state index contributed by atoms with van der Waals surface area (Å²) < 4.78 is 0. The lowest BCUT2D eigenvalue weighted by molar-refractivity contribution is -0.142. The van der Waals surface area contributed by atoms with E-state index in [0.29, 0.717) is 11.3 Å². The normalized spacial score (nSPS) is 14.1. The molecule has 1 aromatic carbocycles. The Morgan fingerprint density at radius 3 is 2.25 bits per heavy atom. The second-order valence-corrected chi connectivity index (χ2v) is 9.16. The van der Waals surface area contributed by atoms with Crippen molar-refractivity contribution in [1.29, 1.82) is 0 Å². The number of carboxylic acid groups (broad SMARTS) is 1. The summed E-state index contributed by atoms with van der Waals surface area (Å²) in [5.41, 5.74) is 12.7. The van der Waals surface area contributed by atoms with Crippen molar-refractivity contribution in [2.45, 2.75) is 49.9 Å². The molecule has 0 spiro atoms. The van der Waals surface area contributed by atoms with Gasteiger partial charge in [0.05, 0.1) is 19.0 Å². The summed E-state index contributed by atoms with van der Waals surface area (Å²) in [6, 6.07) is 2.00. The number of carbonyl (C=O) groups excluding carboxylic acids is 4. The first-order valence-electron chi connectivity index (χ1n) is 12.4. The lowest BCUT2D eigenvalue weighted by atomic mass is 10.0. The largest absolute Gasteiger partial charge is 0.480 e. The highest BCUT2D eigenvalue weighted by Crippen LogP contribution is 2.19. The molecule has 0 saturated heterocycles. The number of hydrogen-bond acceptors (Lipinski definition) is 8. The number of aliphatic carboxylic acids is 1. The fourth-order valence-corrected chi connectivity index (χ4v) is 3.99. The number of carbonyl (C=O) groups is 5. The summed E-state index contributed by atoms with van der Waals surface area (Å²) in [5.74, 6) is -4.47. The first kappa shape index (κ1) is 29.8. The summed E-state index contributed by atoms with van der Waals surface area (Å²) in [6.45, 7) is -0.820. The van der Waals surface area contributed by atoms with Gasteiger partial charge in [0.2, 0.25) is 23.6 Å². The Morgan fingerprint density at radius 1 is 0.925 bits per heavy atom. The van der Waals surface area contributed by atoms with E-state index in [1.165, 1.54) is 12.5 Å². The van der Waals surface area contributed by atoms with Gasteiger partial charge in [0.15, 0.2) is 0 Å². The molecule has 0 aliphatic carbocycles. The number of nitrogens with zero attached hydrogens (tertiary/aromatic N) is 1. The van der Waals surface area contributed by atoms with Crippen molar-refractivity contribution in [3.8, 4) is 0 Å². The van der Waals surface area contributed by atoms with Gasteiger partial charge in [-0.1, -0.05) is 18.2 Å². The quantitative estimate of drug-likeness (QED) is 0.0982. The number of aromatic amines is 2. The van der Waals surface area contributed by atoms with Crippen molar-refractivity contribution in [2.75, 3.05) is 6.61 Å². The average molecular weight is 557 g/mol. The fraction of sp³-hybridized carbons (Fsp3) is 0.360. The minimum absolute atomic E-state index is 0.0395. The van der Waals surface area contributed by atoms with Crippen LogP contribution in [0.4, 0.5) is 0 Å². The highest BCUT2D eigenvalue weighted by Gasteiger charge is 2.31. The van der Waals surface area contributed by atoms with Gasteiger partial charge in [0, 0.05) is 48.3 Å². The third-order valence-electron chi connectivity index (χ3n) is 6.18. The van der Waals surface area contributed by atoms with E-state index >= 15 is 0 Å². The van der Waals surface area contributed by atoms with Crippen LogP contribution in [0.5, 0.6) is 0 Å². The number of aromatic nitrogens is 3. The number of primary amides is 1. The molecule has 0 radical (unpaired) electrons. The smallest absolute Gasteiger partial charge is 0.326 e. The van der Waals surface area contributed by atoms with Gasteiger partial charge in [-0.05, 0) is 18.1 Å². The summed E-state index contributed by atoms with van der Waals surface area (Å²) in [4.78, 5) is 71.3. The number of para-hydroxylation sites is 1. The van der Waals surface area contributed by atoms with Crippen LogP contribution in [0.15, 0.2) is 43.0 Å². The molecule has 3 aromatic rings. The van der Waals surface area contributed by atoms with Gasteiger partial charge in [-0.3, -0.25) is 19.2 Å². The highest BCUT2D eigenvalue weighted by atomic mass is 16.4. The molecule has 4 amide bonds. The number of amides is 4. The molecule has 0 fully saturated rings. The van der Waals surface area contributed by atoms with E-state index in [-0.39, 0.29) is 25.7 Å². The number of aliphatic hydroxyl groups excluding tert-OH is 1. The molecule has 2 aromatic heterocycles. The predicted molar refractivity (Wildman–Crippen MR) is 141 cm³/mol. The Kier molecular flexibility index (Phi) is 10.3. The molecule has 214 valence electrons. The molecular weight excluding hydrogens is 524 g/mol. The van der Waals surface area contributed by atoms with Crippen LogP contribution in [-0.2, 0) is 36.8 Å². The van der Waals surface area contributed by atoms with Crippen molar-refractivity contribution >= 4 is 40.5 Å². The van der Waals surface area contributed by atoms with Crippen molar-refractivity contribution in [1.82, 2.24) is 30.9 Å². The second kappa shape index (κ2) is 13.9. The van der Waals surface area contributed by atoms with E-state index in [9.17, 15) is 34.2 Å². The van der Waals surface area contributed by atoms with Crippen molar-refractivity contribution < 1.29 is 34.2 Å². The molecule has 0 bridgehead atoms. The summed E-state index contributed by atoms with van der Waals surface area (Å²) >= 11 is 0. The molecule has 0 aliphatic heterocycles. The summed E-state index contributed by atoms with van der Waals surface area (Å²) in [7, 11) is 0. The highest BCUT2D eigenvalue weighted by molar-refractivity contribution is 5.95. The lowest BCUT2D eigenvalue weighted by Gasteiger charge is -2.24. The maximum atomic E-state index is 13.3. The van der Waals surface area contributed by atoms with Crippen molar-refractivity contribution in [3.05, 3.63) is 54.2 Å². The van der Waals surface area contributed by atoms with Crippen LogP contribution in [0.3, 0.4) is 0 Å². The van der Waals surface area contributed by atoms with Gasteiger partial charge < -0.3 is 47.6 Å². The Labute approximate surface area is 228 Å². The summed E-state index contributed by atoms with van der Waals surface area (Å²) in [5, 5.41) is 27.5. The van der Waals surface area contributed by atoms with Gasteiger partial charge >= 0.3 is 5.97 Å². The summed E-state index contributed by atoms with van der Waals surface area (Å²) in [6.07, 6.45) is 4.12. The molecule has 15 nitrogen and oxygen atoms in total. The first-order valence-corrected chi connectivity index (χ1v) is 12.4. The number of nitrogens with two attached hydrogens (primary N) is 2. The molecular formula is C25H32N8O7. The van der Waals surface area contributed by atoms with Crippen molar-refractivity contribution in [2.24, 2.45) is 11.5 Å². The standard InChI is InChI=1S/C25H32N8O7/c26-16(5-6-21(27)35)22(36)33-20(11-34)24(38)31-18(7-13-9-29-17-4-2-1-3-15(13)17)23(37)32-19(25(39)40)8-14-10-28-12-30-14/h1-4,9-10,12,16,18-20,29,34H,5-8,11,26H2,(H2,27,35)(H,28,30)(H,31,38)(H,32,37)(H,33,36)(H,39,40). The Hall–Kier alpha value is -4.76. The zero-order valence-corrected chi connectivity index (χ0v) is 21.4. The van der Waals surface area contributed by atoms with Crippen LogP contribution in [-0.4, -0.2) is 85.5 Å². The number of benzene rings is 1.